The average Bonchev–Trinajstić information content (AvgIpc) is 2.75. The Kier molecular flexibility index (Phi) is 7.48. The van der Waals surface area contributed by atoms with Crippen molar-refractivity contribution in [3.05, 3.63) is 56.5 Å². The van der Waals surface area contributed by atoms with Gasteiger partial charge in [0, 0.05) is 47.8 Å². The molecule has 0 fully saturated rings. The summed E-state index contributed by atoms with van der Waals surface area (Å²) >= 11 is 2.26. The fourth-order valence-electron chi connectivity index (χ4n) is 6.06. The number of halogens is 1. The molecular weight excluding hydrogens is 565 g/mol. The molecule has 0 N–H and O–H groups in total. The number of rotatable bonds is 7. The van der Waals surface area contributed by atoms with Gasteiger partial charge in [-0.25, -0.2) is 0 Å². The van der Waals surface area contributed by atoms with Gasteiger partial charge >= 0.3 is 0 Å². The summed E-state index contributed by atoms with van der Waals surface area (Å²) in [6, 6.07) is 4.04. The van der Waals surface area contributed by atoms with E-state index >= 15 is 0 Å². The first-order valence-corrected chi connectivity index (χ1v) is 14.0. The van der Waals surface area contributed by atoms with Crippen molar-refractivity contribution in [3.8, 4) is 11.5 Å². The van der Waals surface area contributed by atoms with E-state index < -0.39 is 0 Å². The van der Waals surface area contributed by atoms with Crippen molar-refractivity contribution in [2.75, 3.05) is 19.8 Å². The van der Waals surface area contributed by atoms with E-state index in [1.165, 1.54) is 0 Å². The van der Waals surface area contributed by atoms with Gasteiger partial charge in [0.15, 0.2) is 23.1 Å². The van der Waals surface area contributed by atoms with Crippen molar-refractivity contribution in [2.45, 2.75) is 73.1 Å². The molecule has 0 bridgehead atoms. The van der Waals surface area contributed by atoms with E-state index in [2.05, 4.69) is 74.8 Å². The van der Waals surface area contributed by atoms with E-state index in [4.69, 9.17) is 9.47 Å². The number of allylic oxidation sites excluding steroid dienone is 4. The molecule has 0 saturated heterocycles. The molecular formula is C30H38INO4. The largest absolute Gasteiger partial charge is 0.490 e. The lowest BCUT2D eigenvalue weighted by atomic mass is 9.63. The lowest BCUT2D eigenvalue weighted by Gasteiger charge is -2.49. The van der Waals surface area contributed by atoms with E-state index in [9.17, 15) is 9.59 Å². The first-order valence-electron chi connectivity index (χ1n) is 12.9. The summed E-state index contributed by atoms with van der Waals surface area (Å²) in [4.78, 5) is 29.9. The first kappa shape index (κ1) is 27.0. The average molecular weight is 604 g/mol. The summed E-state index contributed by atoms with van der Waals surface area (Å²) in [7, 11) is 0. The third-order valence-electron chi connectivity index (χ3n) is 7.35. The quantitative estimate of drug-likeness (QED) is 0.249. The first-order chi connectivity index (χ1) is 16.9. The van der Waals surface area contributed by atoms with Gasteiger partial charge < -0.3 is 14.4 Å². The van der Waals surface area contributed by atoms with Crippen LogP contribution in [0, 0.1) is 14.4 Å². The highest BCUT2D eigenvalue weighted by atomic mass is 127. The predicted octanol–water partition coefficient (Wildman–Crippen LogP) is 6.96. The highest BCUT2D eigenvalue weighted by molar-refractivity contribution is 14.1. The Morgan fingerprint density at radius 3 is 2.00 bits per heavy atom. The molecule has 1 aromatic carbocycles. The number of ketones is 2. The van der Waals surface area contributed by atoms with Crippen LogP contribution in [0.1, 0.15) is 78.7 Å². The van der Waals surface area contributed by atoms with Gasteiger partial charge in [-0.15, -0.1) is 0 Å². The van der Waals surface area contributed by atoms with Crippen LogP contribution >= 0.6 is 22.6 Å². The molecule has 1 aliphatic heterocycles. The van der Waals surface area contributed by atoms with Crippen LogP contribution in [0.4, 0.5) is 0 Å². The van der Waals surface area contributed by atoms with E-state index in [-0.39, 0.29) is 28.3 Å². The number of hydrogen-bond acceptors (Lipinski definition) is 5. The smallest absolute Gasteiger partial charge is 0.174 e. The van der Waals surface area contributed by atoms with Crippen LogP contribution in [0.2, 0.25) is 0 Å². The normalized spacial score (nSPS) is 21.4. The maximum atomic E-state index is 13.8. The van der Waals surface area contributed by atoms with Crippen molar-refractivity contribution < 1.29 is 19.1 Å². The van der Waals surface area contributed by atoms with Crippen LogP contribution in [0.25, 0.3) is 0 Å². The number of ether oxygens (including phenoxy) is 2. The molecule has 0 radical (unpaired) electrons. The molecule has 6 heteroatoms. The summed E-state index contributed by atoms with van der Waals surface area (Å²) in [6.07, 6.45) is 4.31. The van der Waals surface area contributed by atoms with Gasteiger partial charge in [-0.2, -0.15) is 0 Å². The summed E-state index contributed by atoms with van der Waals surface area (Å²) in [5, 5.41) is 0. The molecule has 194 valence electrons. The fourth-order valence-corrected chi connectivity index (χ4v) is 6.84. The molecule has 0 spiro atoms. The SMILES string of the molecule is C=CCOc1c(I)cc(C2C3=C(CC(C)(C)CC3=O)N(CC)C3=C2C(=O)CC(C)(C)C3)cc1OCC. The molecule has 1 heterocycles. The van der Waals surface area contributed by atoms with Gasteiger partial charge in [0.2, 0.25) is 0 Å². The fraction of sp³-hybridized carbons (Fsp3) is 0.533. The van der Waals surface area contributed by atoms with Crippen LogP contribution in [-0.2, 0) is 9.59 Å². The standard InChI is InChI=1S/C30H38INO4/c1-8-11-36-28-19(31)12-18(13-24(28)35-10-3)25-26-20(14-29(4,5)16-22(26)33)32(9-2)21-15-30(6,7)17-23(34)27(21)25/h8,12-13,25H,1,9-11,14-17H2,2-7H3. The molecule has 5 nitrogen and oxygen atoms in total. The molecule has 0 aromatic heterocycles. The number of Topliss-reactive ketones (excluding diaryl/α,β-unsaturated/α-hetero) is 2. The molecule has 0 unspecified atom stereocenters. The molecule has 0 saturated carbocycles. The molecule has 3 aliphatic rings. The highest BCUT2D eigenvalue weighted by Crippen LogP contribution is 2.55. The highest BCUT2D eigenvalue weighted by Gasteiger charge is 2.48. The monoisotopic (exact) mass is 603 g/mol. The second kappa shape index (κ2) is 9.99. The zero-order valence-corrected chi connectivity index (χ0v) is 24.6. The number of carbonyl (C=O) groups is 2. The second-order valence-corrected chi connectivity index (χ2v) is 12.8. The van der Waals surface area contributed by atoms with Crippen molar-refractivity contribution in [1.29, 1.82) is 0 Å². The number of carbonyl (C=O) groups excluding carboxylic acids is 2. The zero-order chi connectivity index (χ0) is 26.4. The molecule has 0 amide bonds. The maximum Gasteiger partial charge on any atom is 0.174 e. The van der Waals surface area contributed by atoms with Crippen molar-refractivity contribution in [2.24, 2.45) is 10.8 Å². The Morgan fingerprint density at radius 1 is 0.972 bits per heavy atom. The zero-order valence-electron chi connectivity index (χ0n) is 22.4. The summed E-state index contributed by atoms with van der Waals surface area (Å²) < 4.78 is 12.8. The number of nitrogens with zero attached hydrogens (tertiary/aromatic N) is 1. The molecule has 36 heavy (non-hydrogen) atoms. The minimum atomic E-state index is -0.383. The Balaban J connectivity index is 1.98. The minimum Gasteiger partial charge on any atom is -0.490 e. The van der Waals surface area contributed by atoms with Crippen LogP contribution in [-0.4, -0.2) is 36.2 Å². The molecule has 1 aromatic rings. The van der Waals surface area contributed by atoms with E-state index in [0.717, 1.165) is 51.1 Å². The lowest BCUT2D eigenvalue weighted by molar-refractivity contribution is -0.119. The molecule has 4 rings (SSSR count). The van der Waals surface area contributed by atoms with Gasteiger partial charge in [-0.05, 0) is 77.8 Å². The van der Waals surface area contributed by atoms with Crippen molar-refractivity contribution in [1.82, 2.24) is 4.90 Å². The summed E-state index contributed by atoms with van der Waals surface area (Å²) in [5.41, 5.74) is 4.45. The third-order valence-corrected chi connectivity index (χ3v) is 8.15. The Bertz CT molecular complexity index is 1120. The van der Waals surface area contributed by atoms with Gasteiger partial charge in [0.25, 0.3) is 0 Å². The third kappa shape index (κ3) is 4.90. The van der Waals surface area contributed by atoms with Crippen LogP contribution in [0.3, 0.4) is 0 Å². The van der Waals surface area contributed by atoms with Gasteiger partial charge in [0.05, 0.1) is 10.2 Å². The minimum absolute atomic E-state index is 0.118. The summed E-state index contributed by atoms with van der Waals surface area (Å²) in [5.74, 6) is 1.22. The van der Waals surface area contributed by atoms with Crippen molar-refractivity contribution >= 4 is 34.2 Å². The van der Waals surface area contributed by atoms with Crippen molar-refractivity contribution in [3.63, 3.8) is 0 Å². The van der Waals surface area contributed by atoms with Crippen LogP contribution in [0.15, 0.2) is 47.3 Å². The van der Waals surface area contributed by atoms with E-state index in [1.807, 2.05) is 13.0 Å². The second-order valence-electron chi connectivity index (χ2n) is 11.6. The molecule has 0 atom stereocenters. The Labute approximate surface area is 229 Å². The maximum absolute atomic E-state index is 13.8. The summed E-state index contributed by atoms with van der Waals surface area (Å²) in [6.45, 7) is 18.1. The van der Waals surface area contributed by atoms with Gasteiger partial charge in [-0.1, -0.05) is 40.3 Å². The number of benzene rings is 1. The van der Waals surface area contributed by atoms with E-state index in [1.54, 1.807) is 6.08 Å². The van der Waals surface area contributed by atoms with Gasteiger partial charge in [-0.3, -0.25) is 9.59 Å². The Hall–Kier alpha value is -2.09. The molecule has 2 aliphatic carbocycles. The number of hydrogen-bond donors (Lipinski definition) is 0. The predicted molar refractivity (Wildman–Crippen MR) is 151 cm³/mol. The Morgan fingerprint density at radius 2 is 1.53 bits per heavy atom. The van der Waals surface area contributed by atoms with Crippen LogP contribution < -0.4 is 9.47 Å². The van der Waals surface area contributed by atoms with Crippen LogP contribution in [0.5, 0.6) is 11.5 Å². The van der Waals surface area contributed by atoms with Gasteiger partial charge in [0.1, 0.15) is 6.61 Å². The van der Waals surface area contributed by atoms with E-state index in [0.29, 0.717) is 37.6 Å². The topological polar surface area (TPSA) is 55.8 Å². The lowest BCUT2D eigenvalue weighted by Crippen LogP contribution is -2.44.